The Labute approximate surface area is 161 Å². The van der Waals surface area contributed by atoms with Crippen LogP contribution in [0.2, 0.25) is 0 Å². The van der Waals surface area contributed by atoms with Gasteiger partial charge in [0, 0.05) is 29.0 Å². The zero-order valence-electron chi connectivity index (χ0n) is 15.4. The Morgan fingerprint density at radius 1 is 1.33 bits per heavy atom. The van der Waals surface area contributed by atoms with Gasteiger partial charge in [0.05, 0.1) is 38.8 Å². The Hall–Kier alpha value is -2.45. The molecule has 3 rings (SSSR count). The number of carbonyl (C=O) groups is 1. The van der Waals surface area contributed by atoms with Crippen LogP contribution in [0.25, 0.3) is 0 Å². The van der Waals surface area contributed by atoms with Gasteiger partial charge in [-0.25, -0.2) is 0 Å². The lowest BCUT2D eigenvalue weighted by atomic mass is 10.1. The summed E-state index contributed by atoms with van der Waals surface area (Å²) >= 11 is 1.49. The Morgan fingerprint density at radius 2 is 2.11 bits per heavy atom. The predicted octanol–water partition coefficient (Wildman–Crippen LogP) is 2.38. The quantitative estimate of drug-likeness (QED) is 0.782. The number of nitrogens with zero attached hydrogens (tertiary/aromatic N) is 2. The number of aromatic nitrogens is 1. The molecule has 2 aromatic rings. The molecule has 0 aliphatic carbocycles. The van der Waals surface area contributed by atoms with Crippen molar-refractivity contribution in [2.75, 3.05) is 20.0 Å². The first-order valence-electron chi connectivity index (χ1n) is 8.40. The van der Waals surface area contributed by atoms with Gasteiger partial charge in [0.2, 0.25) is 5.91 Å². The molecule has 0 radical (unpaired) electrons. The second-order valence-electron chi connectivity index (χ2n) is 6.15. The minimum Gasteiger partial charge on any atom is -0.506 e. The number of pyridine rings is 1. The van der Waals surface area contributed by atoms with E-state index in [0.29, 0.717) is 34.1 Å². The van der Waals surface area contributed by atoms with Gasteiger partial charge in [-0.2, -0.15) is 0 Å². The van der Waals surface area contributed by atoms with Crippen LogP contribution in [0.4, 0.5) is 0 Å². The normalized spacial score (nSPS) is 16.7. The van der Waals surface area contributed by atoms with E-state index in [-0.39, 0.29) is 30.2 Å². The van der Waals surface area contributed by atoms with Gasteiger partial charge < -0.3 is 24.6 Å². The number of aromatic hydroxyl groups is 1. The first-order chi connectivity index (χ1) is 13.0. The largest absolute Gasteiger partial charge is 0.506 e. The molecular weight excluding hydrogens is 368 g/mol. The fourth-order valence-electron chi connectivity index (χ4n) is 3.07. The summed E-state index contributed by atoms with van der Waals surface area (Å²) in [6.07, 6.45) is 1.53. The zero-order valence-corrected chi connectivity index (χ0v) is 16.2. The van der Waals surface area contributed by atoms with E-state index in [9.17, 15) is 15.0 Å². The van der Waals surface area contributed by atoms with Crippen LogP contribution in [-0.2, 0) is 17.9 Å². The Kier molecular flexibility index (Phi) is 5.76. The fraction of sp³-hybridized carbons (Fsp3) is 0.368. The summed E-state index contributed by atoms with van der Waals surface area (Å²) in [4.78, 5) is 18.3. The van der Waals surface area contributed by atoms with Crippen molar-refractivity contribution in [3.05, 3.63) is 46.8 Å². The number of aliphatic hydroxyl groups excluding tert-OH is 1. The van der Waals surface area contributed by atoms with Crippen LogP contribution < -0.4 is 9.47 Å². The van der Waals surface area contributed by atoms with Crippen molar-refractivity contribution in [2.45, 2.75) is 25.4 Å². The topological polar surface area (TPSA) is 92.1 Å². The van der Waals surface area contributed by atoms with Crippen molar-refractivity contribution in [1.82, 2.24) is 9.88 Å². The van der Waals surface area contributed by atoms with E-state index in [0.717, 1.165) is 5.56 Å². The molecule has 0 spiro atoms. The van der Waals surface area contributed by atoms with E-state index >= 15 is 0 Å². The summed E-state index contributed by atoms with van der Waals surface area (Å²) in [6, 6.07) is 5.49. The summed E-state index contributed by atoms with van der Waals surface area (Å²) < 4.78 is 10.7. The highest BCUT2D eigenvalue weighted by Gasteiger charge is 2.35. The molecule has 27 heavy (non-hydrogen) atoms. The third-order valence-corrected chi connectivity index (χ3v) is 5.84. The minimum atomic E-state index is -0.266. The molecule has 1 atom stereocenters. The predicted molar refractivity (Wildman–Crippen MR) is 102 cm³/mol. The molecule has 1 aromatic heterocycles. The van der Waals surface area contributed by atoms with Gasteiger partial charge in [-0.15, -0.1) is 11.8 Å². The van der Waals surface area contributed by atoms with E-state index in [1.807, 2.05) is 12.1 Å². The van der Waals surface area contributed by atoms with E-state index in [4.69, 9.17) is 9.47 Å². The highest BCUT2D eigenvalue weighted by atomic mass is 32.2. The Bertz CT molecular complexity index is 858. The molecule has 7 nitrogen and oxygen atoms in total. The first-order valence-corrected chi connectivity index (χ1v) is 9.45. The van der Waals surface area contributed by atoms with Crippen LogP contribution >= 0.6 is 11.8 Å². The second kappa shape index (κ2) is 8.06. The standard InChI is InChI=1S/C19H22N2O5S/c1-11-18(24)15(12(9-22)7-20-11)8-21-17(23)10-27-19(21)14-5-4-13(25-2)6-16(14)26-3/h4-7,19,22,24H,8-10H2,1-3H3. The molecule has 8 heteroatoms. The number of hydrogen-bond donors (Lipinski definition) is 2. The molecule has 2 heterocycles. The van der Waals surface area contributed by atoms with Gasteiger partial charge in [-0.1, -0.05) is 0 Å². The smallest absolute Gasteiger partial charge is 0.234 e. The lowest BCUT2D eigenvalue weighted by Gasteiger charge is -2.27. The number of benzene rings is 1. The van der Waals surface area contributed by atoms with Crippen molar-refractivity contribution in [3.8, 4) is 17.2 Å². The molecular formula is C19H22N2O5S. The molecule has 1 fully saturated rings. The first kappa shape index (κ1) is 19.3. The SMILES string of the molecule is COc1ccc(C2SCC(=O)N2Cc2c(CO)cnc(C)c2O)c(OC)c1. The van der Waals surface area contributed by atoms with Crippen LogP contribution in [-0.4, -0.2) is 46.0 Å². The third kappa shape index (κ3) is 3.68. The summed E-state index contributed by atoms with van der Waals surface area (Å²) in [6.45, 7) is 1.60. The molecule has 2 N–H and O–H groups in total. The highest BCUT2D eigenvalue weighted by Crippen LogP contribution is 2.45. The number of ether oxygens (including phenoxy) is 2. The summed E-state index contributed by atoms with van der Waals surface area (Å²) in [5.74, 6) is 1.59. The van der Waals surface area contributed by atoms with Crippen LogP contribution in [0.1, 0.15) is 27.8 Å². The summed E-state index contributed by atoms with van der Waals surface area (Å²) in [7, 11) is 3.16. The zero-order chi connectivity index (χ0) is 19.6. The van der Waals surface area contributed by atoms with Crippen LogP contribution in [0.15, 0.2) is 24.4 Å². The molecule has 144 valence electrons. The molecule has 1 unspecified atom stereocenters. The maximum absolute atomic E-state index is 12.6. The number of aliphatic hydroxyl groups is 1. The molecule has 1 saturated heterocycles. The van der Waals surface area contributed by atoms with Crippen molar-refractivity contribution < 1.29 is 24.5 Å². The number of amides is 1. The van der Waals surface area contributed by atoms with Gasteiger partial charge >= 0.3 is 0 Å². The van der Waals surface area contributed by atoms with Gasteiger partial charge in [-0.3, -0.25) is 9.78 Å². The van der Waals surface area contributed by atoms with E-state index < -0.39 is 0 Å². The van der Waals surface area contributed by atoms with Crippen molar-refractivity contribution in [2.24, 2.45) is 0 Å². The molecule has 0 saturated carbocycles. The molecule has 1 aliphatic heterocycles. The highest BCUT2D eigenvalue weighted by molar-refractivity contribution is 8.00. The molecule has 1 amide bonds. The fourth-order valence-corrected chi connectivity index (χ4v) is 4.28. The molecule has 1 aromatic carbocycles. The number of methoxy groups -OCH3 is 2. The average Bonchev–Trinajstić information content (AvgIpc) is 3.05. The number of rotatable bonds is 6. The maximum atomic E-state index is 12.6. The van der Waals surface area contributed by atoms with E-state index in [1.54, 1.807) is 32.1 Å². The van der Waals surface area contributed by atoms with Crippen LogP contribution in [0.5, 0.6) is 17.2 Å². The summed E-state index contributed by atoms with van der Waals surface area (Å²) in [5, 5.41) is 19.8. The van der Waals surface area contributed by atoms with Gasteiger partial charge in [-0.05, 0) is 19.1 Å². The van der Waals surface area contributed by atoms with Gasteiger partial charge in [0.15, 0.2) is 0 Å². The monoisotopic (exact) mass is 390 g/mol. The van der Waals surface area contributed by atoms with Crippen molar-refractivity contribution >= 4 is 17.7 Å². The number of aryl methyl sites for hydroxylation is 1. The van der Waals surface area contributed by atoms with Gasteiger partial charge in [0.25, 0.3) is 0 Å². The molecule has 0 bridgehead atoms. The lowest BCUT2D eigenvalue weighted by molar-refractivity contribution is -0.128. The average molecular weight is 390 g/mol. The lowest BCUT2D eigenvalue weighted by Crippen LogP contribution is -2.28. The Balaban J connectivity index is 1.98. The van der Waals surface area contributed by atoms with Crippen molar-refractivity contribution in [3.63, 3.8) is 0 Å². The van der Waals surface area contributed by atoms with Crippen LogP contribution in [0, 0.1) is 6.92 Å². The van der Waals surface area contributed by atoms with Gasteiger partial charge in [0.1, 0.15) is 22.6 Å². The molecule has 1 aliphatic rings. The second-order valence-corrected chi connectivity index (χ2v) is 7.22. The summed E-state index contributed by atoms with van der Waals surface area (Å²) in [5.41, 5.74) is 2.33. The van der Waals surface area contributed by atoms with Crippen molar-refractivity contribution in [1.29, 1.82) is 0 Å². The van der Waals surface area contributed by atoms with E-state index in [2.05, 4.69) is 4.98 Å². The maximum Gasteiger partial charge on any atom is 0.234 e. The third-order valence-electron chi connectivity index (χ3n) is 4.60. The minimum absolute atomic E-state index is 0.00620. The van der Waals surface area contributed by atoms with E-state index in [1.165, 1.54) is 18.0 Å². The Morgan fingerprint density at radius 3 is 2.78 bits per heavy atom. The number of hydrogen-bond acceptors (Lipinski definition) is 7. The number of carbonyl (C=O) groups excluding carboxylic acids is 1. The van der Waals surface area contributed by atoms with Crippen LogP contribution in [0.3, 0.4) is 0 Å². The number of thioether (sulfide) groups is 1.